The van der Waals surface area contributed by atoms with Crippen LogP contribution in [0.2, 0.25) is 20.4 Å². The Balaban J connectivity index is 0.000000207. The summed E-state index contributed by atoms with van der Waals surface area (Å²) < 4.78 is 29.6. The van der Waals surface area contributed by atoms with Gasteiger partial charge in [0.2, 0.25) is 0 Å². The van der Waals surface area contributed by atoms with E-state index in [1.807, 2.05) is 60.7 Å². The van der Waals surface area contributed by atoms with Crippen molar-refractivity contribution in [3.05, 3.63) is 163 Å². The number of aldehydes is 1. The molecule has 0 amide bonds. The number of nitrogen functional groups attached to an aromatic ring is 1. The molecule has 0 fully saturated rings. The molecular weight excluding hydrogens is 792 g/mol. The summed E-state index contributed by atoms with van der Waals surface area (Å²) in [5.41, 5.74) is 9.37. The van der Waals surface area contributed by atoms with Crippen molar-refractivity contribution in [3.63, 3.8) is 0 Å². The van der Waals surface area contributed by atoms with E-state index in [9.17, 15) is 23.2 Å². The van der Waals surface area contributed by atoms with Crippen LogP contribution in [0.15, 0.2) is 97.1 Å². The number of aromatic nitrogens is 4. The predicted octanol–water partition coefficient (Wildman–Crippen LogP) is 9.82. The summed E-state index contributed by atoms with van der Waals surface area (Å²) in [7, 11) is 0. The molecule has 9 nitrogen and oxygen atoms in total. The van der Waals surface area contributed by atoms with Crippen LogP contribution in [0.4, 0.5) is 20.2 Å². The minimum absolute atomic E-state index is 0.0538. The normalized spacial score (nSPS) is 10.5. The SMILES string of the molecule is CC(=O)c1nn(Cc2ccccc2)c(Cl)c1CC=O.CC(=O)c1nn(Cc2ccccc2)c(Cl)c1CCNc1cccc(Cl)c1F.Nc1cccc(Cl)c1F. The molecule has 0 radical (unpaired) electrons. The van der Waals surface area contributed by atoms with Crippen LogP contribution in [0.1, 0.15) is 57.1 Å². The van der Waals surface area contributed by atoms with Gasteiger partial charge in [-0.1, -0.05) is 119 Å². The molecule has 55 heavy (non-hydrogen) atoms. The zero-order valence-corrected chi connectivity index (χ0v) is 32.7. The number of rotatable bonds is 12. The van der Waals surface area contributed by atoms with Crippen molar-refractivity contribution < 1.29 is 23.2 Å². The van der Waals surface area contributed by atoms with E-state index in [0.29, 0.717) is 58.9 Å². The standard InChI is InChI=1S/C20H18Cl2FN3O.C14H13ClN2O2.C6H5ClFN/c1-13(27)19-15(10-11-24-17-9-5-8-16(21)18(17)23)20(22)26(25-19)12-14-6-3-2-4-7-14;1-10(19)13-12(7-8-18)14(15)17(16-13)9-11-5-3-2-4-6-11;7-4-2-1-3-5(9)6(4)8/h2-9,24H,10-12H2,1H3;2-6,8H,7,9H2,1H3;1-3H,9H2. The highest BCUT2D eigenvalue weighted by atomic mass is 35.5. The molecule has 0 saturated heterocycles. The molecule has 0 aliphatic heterocycles. The van der Waals surface area contributed by atoms with Crippen molar-refractivity contribution in [2.45, 2.75) is 39.8 Å². The molecule has 15 heteroatoms. The van der Waals surface area contributed by atoms with Crippen LogP contribution in [0, 0.1) is 11.6 Å². The number of nitrogens with one attached hydrogen (secondary N) is 1. The second-order valence-corrected chi connectivity index (χ2v) is 13.5. The number of nitrogens with zero attached hydrogens (tertiary/aromatic N) is 4. The van der Waals surface area contributed by atoms with Gasteiger partial charge in [-0.25, -0.2) is 18.1 Å². The molecule has 0 unspecified atom stereocenters. The Hall–Kier alpha value is -5.07. The Morgan fingerprint density at radius 2 is 1.16 bits per heavy atom. The molecule has 286 valence electrons. The minimum Gasteiger partial charge on any atom is -0.396 e. The molecule has 3 N–H and O–H groups in total. The van der Waals surface area contributed by atoms with Gasteiger partial charge < -0.3 is 15.8 Å². The number of carbonyl (C=O) groups excluding carboxylic acids is 3. The van der Waals surface area contributed by atoms with Gasteiger partial charge in [0.25, 0.3) is 0 Å². The second kappa shape index (κ2) is 20.6. The van der Waals surface area contributed by atoms with Crippen LogP contribution in [0.3, 0.4) is 0 Å². The van der Waals surface area contributed by atoms with Crippen molar-refractivity contribution in [2.24, 2.45) is 0 Å². The number of carbonyl (C=O) groups is 3. The van der Waals surface area contributed by atoms with Crippen LogP contribution in [0.5, 0.6) is 0 Å². The summed E-state index contributed by atoms with van der Waals surface area (Å²) in [5.74, 6) is -1.39. The molecule has 0 spiro atoms. The summed E-state index contributed by atoms with van der Waals surface area (Å²) in [5, 5.41) is 12.4. The van der Waals surface area contributed by atoms with E-state index in [4.69, 9.17) is 52.1 Å². The monoisotopic (exact) mass is 826 g/mol. The van der Waals surface area contributed by atoms with Gasteiger partial charge in [-0.3, -0.25) is 9.59 Å². The van der Waals surface area contributed by atoms with Crippen LogP contribution < -0.4 is 11.1 Å². The molecule has 0 aliphatic rings. The number of anilines is 2. The zero-order valence-electron chi connectivity index (χ0n) is 29.7. The topological polar surface area (TPSA) is 125 Å². The maximum atomic E-state index is 14.0. The lowest BCUT2D eigenvalue weighted by atomic mass is 10.1. The maximum Gasteiger partial charge on any atom is 0.180 e. The predicted molar refractivity (Wildman–Crippen MR) is 215 cm³/mol. The maximum absolute atomic E-state index is 14.0. The van der Waals surface area contributed by atoms with Gasteiger partial charge in [-0.15, -0.1) is 0 Å². The lowest BCUT2D eigenvalue weighted by molar-refractivity contribution is -0.107. The smallest absolute Gasteiger partial charge is 0.180 e. The summed E-state index contributed by atoms with van der Waals surface area (Å²) in [6.45, 7) is 4.20. The number of benzene rings is 4. The number of nitrogens with two attached hydrogens (primary N) is 1. The summed E-state index contributed by atoms with van der Waals surface area (Å²) in [6.07, 6.45) is 1.25. The van der Waals surface area contributed by atoms with Gasteiger partial charge >= 0.3 is 0 Å². The molecule has 2 aromatic heterocycles. The third-order valence-corrected chi connectivity index (χ3v) is 9.32. The third kappa shape index (κ3) is 11.7. The Morgan fingerprint density at radius 3 is 1.64 bits per heavy atom. The van der Waals surface area contributed by atoms with Crippen LogP contribution >= 0.6 is 46.4 Å². The first-order valence-electron chi connectivity index (χ1n) is 16.7. The van der Waals surface area contributed by atoms with Gasteiger partial charge in [0.1, 0.15) is 28.0 Å². The average molecular weight is 829 g/mol. The van der Waals surface area contributed by atoms with Crippen molar-refractivity contribution in [3.8, 4) is 0 Å². The van der Waals surface area contributed by atoms with E-state index in [1.54, 1.807) is 27.6 Å². The number of ketones is 2. The largest absolute Gasteiger partial charge is 0.396 e. The second-order valence-electron chi connectivity index (χ2n) is 11.9. The van der Waals surface area contributed by atoms with E-state index in [-0.39, 0.29) is 39.4 Å². The Morgan fingerprint density at radius 1 is 0.691 bits per heavy atom. The van der Waals surface area contributed by atoms with Crippen molar-refractivity contribution in [1.82, 2.24) is 19.6 Å². The van der Waals surface area contributed by atoms with Gasteiger partial charge in [0.15, 0.2) is 23.2 Å². The van der Waals surface area contributed by atoms with Gasteiger partial charge in [-0.2, -0.15) is 10.2 Å². The van der Waals surface area contributed by atoms with Crippen molar-refractivity contribution in [1.29, 1.82) is 0 Å². The molecule has 0 aliphatic carbocycles. The molecule has 6 rings (SSSR count). The highest BCUT2D eigenvalue weighted by molar-refractivity contribution is 6.32. The van der Waals surface area contributed by atoms with E-state index in [0.717, 1.165) is 17.4 Å². The fourth-order valence-electron chi connectivity index (χ4n) is 5.21. The lowest BCUT2D eigenvalue weighted by Crippen LogP contribution is -2.09. The molecular formula is C40H36Cl4F2N6O3. The number of Topliss-reactive ketones (excluding diaryl/α,β-unsaturated/α-hetero) is 2. The zero-order chi connectivity index (χ0) is 40.1. The number of hydrogen-bond acceptors (Lipinski definition) is 7. The molecule has 2 heterocycles. The van der Waals surface area contributed by atoms with Crippen LogP contribution in [-0.2, 0) is 30.7 Å². The van der Waals surface area contributed by atoms with E-state index >= 15 is 0 Å². The molecule has 6 aromatic rings. The fourth-order valence-corrected chi connectivity index (χ4v) is 6.12. The third-order valence-electron chi connectivity index (χ3n) is 7.89. The first-order valence-corrected chi connectivity index (χ1v) is 18.2. The van der Waals surface area contributed by atoms with E-state index < -0.39 is 11.6 Å². The van der Waals surface area contributed by atoms with Crippen molar-refractivity contribution in [2.75, 3.05) is 17.6 Å². The average Bonchev–Trinajstić information content (AvgIpc) is 3.65. The molecule has 0 atom stereocenters. The number of halogens is 6. The highest BCUT2D eigenvalue weighted by Crippen LogP contribution is 2.26. The Kier molecular flexibility index (Phi) is 16.0. The lowest BCUT2D eigenvalue weighted by Gasteiger charge is -2.08. The fraction of sp³-hybridized carbons (Fsp3) is 0.175. The first kappa shape index (κ1) is 42.7. The minimum atomic E-state index is -0.542. The van der Waals surface area contributed by atoms with Gasteiger partial charge in [-0.05, 0) is 41.8 Å². The van der Waals surface area contributed by atoms with Crippen LogP contribution in [-0.4, -0.2) is 44.0 Å². The summed E-state index contributed by atoms with van der Waals surface area (Å²) in [6, 6.07) is 28.7. The molecule has 0 saturated carbocycles. The molecule has 4 aromatic carbocycles. The van der Waals surface area contributed by atoms with Gasteiger partial charge in [0, 0.05) is 37.9 Å². The quantitative estimate of drug-likeness (QED) is 0.0715. The van der Waals surface area contributed by atoms with E-state index in [1.165, 1.54) is 32.0 Å². The Labute approximate surface area is 337 Å². The van der Waals surface area contributed by atoms with Crippen molar-refractivity contribution >= 4 is 75.6 Å². The number of hydrogen-bond donors (Lipinski definition) is 2. The molecule has 0 bridgehead atoms. The highest BCUT2D eigenvalue weighted by Gasteiger charge is 2.21. The first-order chi connectivity index (χ1) is 26.3. The van der Waals surface area contributed by atoms with Gasteiger partial charge in [0.05, 0.1) is 34.5 Å². The van der Waals surface area contributed by atoms with E-state index in [2.05, 4.69) is 15.5 Å². The summed E-state index contributed by atoms with van der Waals surface area (Å²) in [4.78, 5) is 34.2. The summed E-state index contributed by atoms with van der Waals surface area (Å²) >= 11 is 23.8. The van der Waals surface area contributed by atoms with Crippen LogP contribution in [0.25, 0.3) is 0 Å². The Bertz CT molecular complexity index is 2230.